The molecule has 0 radical (unpaired) electrons. The van der Waals surface area contributed by atoms with Crippen LogP contribution in [0.5, 0.6) is 0 Å². The number of benzene rings is 3. The minimum Gasteiger partial charge on any atom is -0.356 e. The molecule has 0 fully saturated rings. The molecule has 4 N–H and O–H groups in total. The molecule has 6 nitrogen and oxygen atoms in total. The Labute approximate surface area is 150 Å². The number of hydrogen-bond acceptors (Lipinski definition) is 3. The number of rotatable bonds is 4. The quantitative estimate of drug-likeness (QED) is 0.423. The number of nitrogens with one attached hydrogen (secondary N) is 4. The van der Waals surface area contributed by atoms with Gasteiger partial charge in [0.1, 0.15) is 0 Å². The minimum atomic E-state index is -0.298. The highest BCUT2D eigenvalue weighted by Gasteiger charge is 2.04. The van der Waals surface area contributed by atoms with Gasteiger partial charge in [-0.3, -0.25) is 0 Å². The predicted octanol–water partition coefficient (Wildman–Crippen LogP) is 4.95. The third-order valence-electron chi connectivity index (χ3n) is 3.88. The van der Waals surface area contributed by atoms with E-state index < -0.39 is 0 Å². The average Bonchev–Trinajstić information content (AvgIpc) is 3.12. The van der Waals surface area contributed by atoms with Crippen LogP contribution in [-0.4, -0.2) is 16.0 Å². The van der Waals surface area contributed by atoms with E-state index in [1.54, 1.807) is 6.33 Å². The van der Waals surface area contributed by atoms with Crippen molar-refractivity contribution in [1.82, 2.24) is 9.97 Å². The highest BCUT2D eigenvalue weighted by atomic mass is 16.2. The Kier molecular flexibility index (Phi) is 4.22. The minimum absolute atomic E-state index is 0.298. The van der Waals surface area contributed by atoms with Crippen LogP contribution in [0.4, 0.5) is 27.5 Å². The zero-order valence-corrected chi connectivity index (χ0v) is 13.9. The van der Waals surface area contributed by atoms with Crippen LogP contribution in [-0.2, 0) is 0 Å². The number of fused-ring (bicyclic) bond motifs is 1. The first-order valence-electron chi connectivity index (χ1n) is 8.19. The van der Waals surface area contributed by atoms with E-state index >= 15 is 0 Å². The van der Waals surface area contributed by atoms with Crippen LogP contribution in [0.15, 0.2) is 79.1 Å². The number of urea groups is 1. The van der Waals surface area contributed by atoms with Crippen LogP contribution in [0.2, 0.25) is 0 Å². The molecular weight excluding hydrogens is 326 g/mol. The Hall–Kier alpha value is -3.80. The molecule has 0 saturated heterocycles. The van der Waals surface area contributed by atoms with Gasteiger partial charge in [0.15, 0.2) is 0 Å². The van der Waals surface area contributed by atoms with Crippen molar-refractivity contribution in [1.29, 1.82) is 0 Å². The largest absolute Gasteiger partial charge is 0.356 e. The van der Waals surface area contributed by atoms with Crippen molar-refractivity contribution < 1.29 is 4.79 Å². The van der Waals surface area contributed by atoms with Gasteiger partial charge in [0.05, 0.1) is 17.4 Å². The lowest BCUT2D eigenvalue weighted by Crippen LogP contribution is -2.19. The topological polar surface area (TPSA) is 81.8 Å². The molecule has 0 saturated carbocycles. The fourth-order valence-corrected chi connectivity index (χ4v) is 2.63. The highest BCUT2D eigenvalue weighted by molar-refractivity contribution is 6.00. The first-order chi connectivity index (χ1) is 12.8. The summed E-state index contributed by atoms with van der Waals surface area (Å²) in [5, 5.41) is 8.93. The summed E-state index contributed by atoms with van der Waals surface area (Å²) >= 11 is 0. The van der Waals surface area contributed by atoms with Gasteiger partial charge in [-0.25, -0.2) is 9.78 Å². The summed E-state index contributed by atoms with van der Waals surface area (Å²) < 4.78 is 0. The molecule has 4 rings (SSSR count). The van der Waals surface area contributed by atoms with Crippen molar-refractivity contribution in [3.05, 3.63) is 79.1 Å². The summed E-state index contributed by atoms with van der Waals surface area (Å²) in [6.45, 7) is 0. The standard InChI is InChI=1S/C20H17N5O/c26-20(25-17-10-11-18-19(12-17)22-13-21-18)24-16-8-6-15(7-9-16)23-14-4-2-1-3-5-14/h1-13,23H,(H,21,22)(H2,24,25,26). The van der Waals surface area contributed by atoms with Crippen LogP contribution < -0.4 is 16.0 Å². The van der Waals surface area contributed by atoms with Gasteiger partial charge in [0, 0.05) is 22.7 Å². The Morgan fingerprint density at radius 2 is 1.42 bits per heavy atom. The maximum atomic E-state index is 12.2. The maximum Gasteiger partial charge on any atom is 0.323 e. The number of para-hydroxylation sites is 1. The second-order valence-corrected chi connectivity index (χ2v) is 5.78. The van der Waals surface area contributed by atoms with E-state index in [9.17, 15) is 4.79 Å². The molecular formula is C20H17N5O. The lowest BCUT2D eigenvalue weighted by Gasteiger charge is -2.10. The zero-order chi connectivity index (χ0) is 17.8. The third-order valence-corrected chi connectivity index (χ3v) is 3.88. The van der Waals surface area contributed by atoms with Gasteiger partial charge >= 0.3 is 6.03 Å². The Bertz CT molecular complexity index is 1020. The molecule has 2 amide bonds. The van der Waals surface area contributed by atoms with E-state index in [4.69, 9.17) is 0 Å². The first-order valence-corrected chi connectivity index (χ1v) is 8.19. The molecule has 0 spiro atoms. The van der Waals surface area contributed by atoms with Gasteiger partial charge < -0.3 is 20.9 Å². The molecule has 128 valence electrons. The summed E-state index contributed by atoms with van der Waals surface area (Å²) in [7, 11) is 0. The van der Waals surface area contributed by atoms with Crippen LogP contribution in [0.1, 0.15) is 0 Å². The molecule has 26 heavy (non-hydrogen) atoms. The van der Waals surface area contributed by atoms with Gasteiger partial charge in [-0.05, 0) is 54.6 Å². The number of aromatic amines is 1. The fourth-order valence-electron chi connectivity index (χ4n) is 2.63. The number of carbonyl (C=O) groups excluding carboxylic acids is 1. The van der Waals surface area contributed by atoms with Crippen molar-refractivity contribution in [3.63, 3.8) is 0 Å². The van der Waals surface area contributed by atoms with Crippen LogP contribution in [0.3, 0.4) is 0 Å². The smallest absolute Gasteiger partial charge is 0.323 e. The first kappa shape index (κ1) is 15.7. The third kappa shape index (κ3) is 3.64. The van der Waals surface area contributed by atoms with Crippen molar-refractivity contribution in [2.45, 2.75) is 0 Å². The highest BCUT2D eigenvalue weighted by Crippen LogP contribution is 2.19. The number of aromatic nitrogens is 2. The second-order valence-electron chi connectivity index (χ2n) is 5.78. The van der Waals surface area contributed by atoms with E-state index in [1.165, 1.54) is 0 Å². The van der Waals surface area contributed by atoms with Gasteiger partial charge in [0.25, 0.3) is 0 Å². The van der Waals surface area contributed by atoms with E-state index in [2.05, 4.69) is 25.9 Å². The number of imidazole rings is 1. The number of nitrogens with zero attached hydrogens (tertiary/aromatic N) is 1. The van der Waals surface area contributed by atoms with Gasteiger partial charge in [-0.2, -0.15) is 0 Å². The Morgan fingerprint density at radius 1 is 0.769 bits per heavy atom. The van der Waals surface area contributed by atoms with E-state index in [1.807, 2.05) is 72.8 Å². The fraction of sp³-hybridized carbons (Fsp3) is 0. The van der Waals surface area contributed by atoms with E-state index in [-0.39, 0.29) is 6.03 Å². The zero-order valence-electron chi connectivity index (χ0n) is 13.9. The van der Waals surface area contributed by atoms with Crippen molar-refractivity contribution in [2.24, 2.45) is 0 Å². The summed E-state index contributed by atoms with van der Waals surface area (Å²) in [4.78, 5) is 19.3. The molecule has 0 bridgehead atoms. The summed E-state index contributed by atoms with van der Waals surface area (Å²) in [5.74, 6) is 0. The molecule has 3 aromatic carbocycles. The molecule has 0 unspecified atom stereocenters. The molecule has 1 aromatic heterocycles. The lowest BCUT2D eigenvalue weighted by molar-refractivity contribution is 0.262. The monoisotopic (exact) mass is 343 g/mol. The molecule has 6 heteroatoms. The van der Waals surface area contributed by atoms with E-state index in [0.29, 0.717) is 11.4 Å². The van der Waals surface area contributed by atoms with Crippen LogP contribution in [0.25, 0.3) is 11.0 Å². The molecule has 0 aliphatic carbocycles. The van der Waals surface area contributed by atoms with Gasteiger partial charge in [0.2, 0.25) is 0 Å². The summed E-state index contributed by atoms with van der Waals surface area (Å²) in [5.41, 5.74) is 5.11. The van der Waals surface area contributed by atoms with Crippen LogP contribution >= 0.6 is 0 Å². The lowest BCUT2D eigenvalue weighted by atomic mass is 10.2. The summed E-state index contributed by atoms with van der Waals surface area (Å²) in [6.07, 6.45) is 1.62. The van der Waals surface area contributed by atoms with Gasteiger partial charge in [-0.15, -0.1) is 0 Å². The predicted molar refractivity (Wildman–Crippen MR) is 105 cm³/mol. The second kappa shape index (κ2) is 6.98. The van der Waals surface area contributed by atoms with Crippen molar-refractivity contribution in [3.8, 4) is 0 Å². The molecule has 1 heterocycles. The average molecular weight is 343 g/mol. The Morgan fingerprint density at radius 3 is 2.23 bits per heavy atom. The van der Waals surface area contributed by atoms with E-state index in [0.717, 1.165) is 22.4 Å². The number of amides is 2. The molecule has 0 aliphatic heterocycles. The van der Waals surface area contributed by atoms with Gasteiger partial charge in [-0.1, -0.05) is 18.2 Å². The number of anilines is 4. The SMILES string of the molecule is O=C(Nc1ccc(Nc2ccccc2)cc1)Nc1ccc2nc[nH]c2c1. The molecule has 4 aromatic rings. The number of carbonyl (C=O) groups is 1. The maximum absolute atomic E-state index is 12.2. The van der Waals surface area contributed by atoms with Crippen molar-refractivity contribution >= 4 is 39.8 Å². The summed E-state index contributed by atoms with van der Waals surface area (Å²) in [6, 6.07) is 22.7. The number of hydrogen-bond donors (Lipinski definition) is 4. The Balaban J connectivity index is 1.38. The van der Waals surface area contributed by atoms with Crippen LogP contribution in [0, 0.1) is 0 Å². The normalized spacial score (nSPS) is 10.5. The molecule has 0 aliphatic rings. The number of H-pyrrole nitrogens is 1. The molecule has 0 atom stereocenters. The van der Waals surface area contributed by atoms with Crippen molar-refractivity contribution in [2.75, 3.05) is 16.0 Å².